The predicted molar refractivity (Wildman–Crippen MR) is 117 cm³/mol. The van der Waals surface area contributed by atoms with Gasteiger partial charge >= 0.3 is 0 Å². The molecule has 1 aliphatic carbocycles. The first-order valence-electron chi connectivity index (χ1n) is 11.2. The van der Waals surface area contributed by atoms with Gasteiger partial charge in [0.1, 0.15) is 0 Å². The molecule has 0 aromatic heterocycles. The molecule has 0 spiro atoms. The molecule has 0 amide bonds. The van der Waals surface area contributed by atoms with Crippen molar-refractivity contribution in [2.45, 2.75) is 51.4 Å². The Morgan fingerprint density at radius 2 is 1.21 bits per heavy atom. The van der Waals surface area contributed by atoms with Gasteiger partial charge in [0.2, 0.25) is 0 Å². The summed E-state index contributed by atoms with van der Waals surface area (Å²) in [4.78, 5) is 0. The Labute approximate surface area is 189 Å². The quantitative estimate of drug-likeness (QED) is 0.202. The third-order valence-electron chi connectivity index (χ3n) is 6.69. The average molecular weight is 462 g/mol. The van der Waals surface area contributed by atoms with Crippen LogP contribution in [0.2, 0.25) is 0 Å². The van der Waals surface area contributed by atoms with Crippen LogP contribution in [0.15, 0.2) is 42.5 Å². The smallest absolute Gasteiger partial charge is 0.198 e. The van der Waals surface area contributed by atoms with Gasteiger partial charge in [-0.15, -0.1) is 0 Å². The van der Waals surface area contributed by atoms with E-state index in [1.807, 2.05) is 0 Å². The van der Waals surface area contributed by atoms with E-state index in [9.17, 15) is 17.6 Å². The zero-order valence-corrected chi connectivity index (χ0v) is 18.2. The zero-order valence-electron chi connectivity index (χ0n) is 18.2. The van der Waals surface area contributed by atoms with E-state index in [4.69, 9.17) is 0 Å². The molecule has 6 heteroatoms. The van der Waals surface area contributed by atoms with Gasteiger partial charge in [-0.3, -0.25) is 0 Å². The minimum atomic E-state index is -2.03. The Hall–Kier alpha value is -2.76. The molecule has 0 aliphatic heterocycles. The molecule has 0 heterocycles. The van der Waals surface area contributed by atoms with Crippen molar-refractivity contribution in [2.24, 2.45) is 5.92 Å². The minimum Gasteiger partial charge on any atom is -0.203 e. The molecule has 0 unspecified atom stereocenters. The largest absolute Gasteiger partial charge is 0.203 e. The first-order chi connectivity index (χ1) is 15.8. The highest BCUT2D eigenvalue weighted by molar-refractivity contribution is 5.74. The van der Waals surface area contributed by atoms with Crippen LogP contribution in [0.25, 0.3) is 22.3 Å². The fourth-order valence-corrected chi connectivity index (χ4v) is 5.03. The number of benzene rings is 3. The second-order valence-electron chi connectivity index (χ2n) is 8.71. The molecule has 174 valence electrons. The highest BCUT2D eigenvalue weighted by Crippen LogP contribution is 2.45. The second kappa shape index (κ2) is 9.62. The summed E-state index contributed by atoms with van der Waals surface area (Å²) in [6.07, 6.45) is 4.31. The summed E-state index contributed by atoms with van der Waals surface area (Å²) < 4.78 is 88.6. The molecule has 33 heavy (non-hydrogen) atoms. The van der Waals surface area contributed by atoms with Crippen molar-refractivity contribution in [1.29, 1.82) is 0 Å². The predicted octanol–water partition coefficient (Wildman–Crippen LogP) is 8.93. The third kappa shape index (κ3) is 4.28. The van der Waals surface area contributed by atoms with Gasteiger partial charge in [-0.2, -0.15) is 0 Å². The molecule has 0 bridgehead atoms. The molecule has 0 nitrogen and oxygen atoms in total. The lowest BCUT2D eigenvalue weighted by atomic mass is 9.75. The van der Waals surface area contributed by atoms with Crippen molar-refractivity contribution < 1.29 is 26.3 Å². The molecule has 1 saturated carbocycles. The molecule has 3 aromatic carbocycles. The maximum atomic E-state index is 15.2. The van der Waals surface area contributed by atoms with Crippen LogP contribution in [0, 0.1) is 40.8 Å². The molecule has 4 rings (SSSR count). The monoisotopic (exact) mass is 462 g/mol. The molecule has 0 radical (unpaired) electrons. The Morgan fingerprint density at radius 3 is 1.85 bits per heavy atom. The first kappa shape index (κ1) is 23.4. The van der Waals surface area contributed by atoms with Crippen molar-refractivity contribution in [3.63, 3.8) is 0 Å². The zero-order chi connectivity index (χ0) is 23.7. The van der Waals surface area contributed by atoms with Gasteiger partial charge in [0.25, 0.3) is 0 Å². The van der Waals surface area contributed by atoms with Gasteiger partial charge in [-0.05, 0) is 43.1 Å². The Kier molecular flexibility index (Phi) is 6.82. The molecule has 0 atom stereocenters. The number of hydrogen-bond acceptors (Lipinski definition) is 0. The van der Waals surface area contributed by atoms with E-state index in [-0.39, 0.29) is 5.56 Å². The van der Waals surface area contributed by atoms with Gasteiger partial charge in [0, 0.05) is 22.3 Å². The van der Waals surface area contributed by atoms with Gasteiger partial charge in [0.05, 0.1) is 0 Å². The van der Waals surface area contributed by atoms with E-state index < -0.39 is 57.5 Å². The lowest BCUT2D eigenvalue weighted by molar-refractivity contribution is 0.300. The third-order valence-corrected chi connectivity index (χ3v) is 6.69. The normalized spacial score (nSPS) is 18.5. The lowest BCUT2D eigenvalue weighted by Crippen LogP contribution is -2.17. The highest BCUT2D eigenvalue weighted by atomic mass is 19.2. The summed E-state index contributed by atoms with van der Waals surface area (Å²) in [5.41, 5.74) is -1.43. The SMILES string of the molecule is CCCC1CCC(c2c(F)c(F)c(F)c(F)c2-c2ccc(-c3ccccc3)c(F)c2F)CC1. The fraction of sp³-hybridized carbons (Fsp3) is 0.333. The van der Waals surface area contributed by atoms with Crippen LogP contribution < -0.4 is 0 Å². The topological polar surface area (TPSA) is 0 Å². The van der Waals surface area contributed by atoms with Crippen LogP contribution in [-0.4, -0.2) is 0 Å². The molecular weight excluding hydrogens is 438 g/mol. The van der Waals surface area contributed by atoms with Crippen molar-refractivity contribution >= 4 is 0 Å². The maximum Gasteiger partial charge on any atom is 0.198 e. The van der Waals surface area contributed by atoms with E-state index in [0.717, 1.165) is 31.7 Å². The van der Waals surface area contributed by atoms with Crippen molar-refractivity contribution in [3.8, 4) is 22.3 Å². The lowest BCUT2D eigenvalue weighted by Gasteiger charge is -2.30. The van der Waals surface area contributed by atoms with Crippen LogP contribution in [0.1, 0.15) is 56.9 Å². The van der Waals surface area contributed by atoms with Gasteiger partial charge in [0.15, 0.2) is 34.9 Å². The summed E-state index contributed by atoms with van der Waals surface area (Å²) in [6.45, 7) is 2.06. The van der Waals surface area contributed by atoms with Crippen LogP contribution in [0.4, 0.5) is 26.3 Å². The molecule has 3 aromatic rings. The van der Waals surface area contributed by atoms with Gasteiger partial charge in [-0.1, -0.05) is 62.2 Å². The van der Waals surface area contributed by atoms with Crippen LogP contribution in [0.5, 0.6) is 0 Å². The van der Waals surface area contributed by atoms with Crippen molar-refractivity contribution in [3.05, 3.63) is 82.9 Å². The highest BCUT2D eigenvalue weighted by Gasteiger charge is 2.34. The van der Waals surface area contributed by atoms with Crippen LogP contribution >= 0.6 is 0 Å². The van der Waals surface area contributed by atoms with E-state index in [1.54, 1.807) is 30.3 Å². The standard InChI is InChI=1S/C27H24F6/c1-2-6-15-9-11-17(12-10-15)20-21(25(31)27(33)26(32)24(20)30)19-14-13-18(22(28)23(19)29)16-7-4-3-5-8-16/h3-5,7-8,13-15,17H,2,6,9-12H2,1H3. The van der Waals surface area contributed by atoms with Gasteiger partial charge in [-0.25, -0.2) is 26.3 Å². The Bertz CT molecular complexity index is 1150. The first-order valence-corrected chi connectivity index (χ1v) is 11.2. The summed E-state index contributed by atoms with van der Waals surface area (Å²) in [7, 11) is 0. The Balaban J connectivity index is 1.85. The number of hydrogen-bond donors (Lipinski definition) is 0. The second-order valence-corrected chi connectivity index (χ2v) is 8.71. The molecular formula is C27H24F6. The fourth-order valence-electron chi connectivity index (χ4n) is 5.03. The van der Waals surface area contributed by atoms with Gasteiger partial charge < -0.3 is 0 Å². The summed E-state index contributed by atoms with van der Waals surface area (Å²) in [6, 6.07) is 10.5. The van der Waals surface area contributed by atoms with E-state index in [2.05, 4.69) is 6.92 Å². The molecule has 0 saturated heterocycles. The number of rotatable bonds is 5. The van der Waals surface area contributed by atoms with Crippen LogP contribution in [-0.2, 0) is 0 Å². The summed E-state index contributed by atoms with van der Waals surface area (Å²) in [5.74, 6) is -10.1. The number of halogens is 6. The van der Waals surface area contributed by atoms with Crippen LogP contribution in [0.3, 0.4) is 0 Å². The van der Waals surface area contributed by atoms with E-state index in [0.29, 0.717) is 24.3 Å². The van der Waals surface area contributed by atoms with Crippen molar-refractivity contribution in [1.82, 2.24) is 0 Å². The van der Waals surface area contributed by atoms with E-state index >= 15 is 8.78 Å². The summed E-state index contributed by atoms with van der Waals surface area (Å²) >= 11 is 0. The summed E-state index contributed by atoms with van der Waals surface area (Å²) in [5, 5.41) is 0. The molecule has 1 fully saturated rings. The molecule has 0 N–H and O–H groups in total. The molecule has 1 aliphatic rings. The van der Waals surface area contributed by atoms with E-state index in [1.165, 1.54) is 6.07 Å². The Morgan fingerprint density at radius 1 is 0.636 bits per heavy atom. The maximum absolute atomic E-state index is 15.2. The average Bonchev–Trinajstić information content (AvgIpc) is 2.83. The minimum absolute atomic E-state index is 0.0677. The van der Waals surface area contributed by atoms with Crippen molar-refractivity contribution in [2.75, 3.05) is 0 Å².